The van der Waals surface area contributed by atoms with Gasteiger partial charge in [0.15, 0.2) is 36.3 Å². The smallest absolute Gasteiger partial charge is 0.257 e. The van der Waals surface area contributed by atoms with Crippen molar-refractivity contribution in [3.05, 3.63) is 105 Å². The Morgan fingerprint density at radius 2 is 0.833 bits per heavy atom. The lowest BCUT2D eigenvalue weighted by Crippen LogP contribution is -2.31. The number of hydrogen-bond acceptors (Lipinski definition) is 10. The van der Waals surface area contributed by atoms with Gasteiger partial charge in [-0.2, -0.15) is 0 Å². The van der Waals surface area contributed by atoms with Crippen molar-refractivity contribution in [2.24, 2.45) is 0 Å². The van der Waals surface area contributed by atoms with E-state index in [4.69, 9.17) is 9.47 Å². The van der Waals surface area contributed by atoms with E-state index in [1.165, 1.54) is 24.3 Å². The molecule has 1 aliphatic heterocycles. The van der Waals surface area contributed by atoms with Crippen molar-refractivity contribution in [1.82, 2.24) is 10.6 Å². The lowest BCUT2D eigenvalue weighted by Gasteiger charge is -2.22. The summed E-state index contributed by atoms with van der Waals surface area (Å²) in [6.45, 7) is 0.153. The minimum Gasteiger partial charge on any atom is -0.483 e. The van der Waals surface area contributed by atoms with Gasteiger partial charge in [0.25, 0.3) is 11.8 Å². The fourth-order valence-electron chi connectivity index (χ4n) is 5.95. The minimum atomic E-state index is -0.354. The number of amides is 2. The molecule has 10 bridgehead atoms. The van der Waals surface area contributed by atoms with Crippen LogP contribution in [0.3, 0.4) is 0 Å². The molecule has 6 rings (SSSR count). The summed E-state index contributed by atoms with van der Waals surface area (Å²) in [7, 11) is 3.14. The van der Waals surface area contributed by atoms with E-state index in [-0.39, 0.29) is 96.1 Å². The van der Waals surface area contributed by atoms with E-state index in [0.29, 0.717) is 58.3 Å². The molecule has 2 aromatic carbocycles. The van der Waals surface area contributed by atoms with E-state index >= 15 is 0 Å². The van der Waals surface area contributed by atoms with Crippen molar-refractivity contribution in [1.29, 1.82) is 0 Å². The average Bonchev–Trinajstić information content (AvgIpc) is 3.05. The van der Waals surface area contributed by atoms with Gasteiger partial charge in [0, 0.05) is 72.6 Å². The Balaban J connectivity index is 1.48. The number of ketones is 4. The minimum absolute atomic E-state index is 0.0290. The number of allylic oxidation sites excluding steroid dienone is 8. The maximum Gasteiger partial charge on any atom is 0.257 e. The topological polar surface area (TPSA) is 145 Å². The van der Waals surface area contributed by atoms with E-state index in [1.54, 1.807) is 58.0 Å². The van der Waals surface area contributed by atoms with Crippen molar-refractivity contribution >= 4 is 56.5 Å². The van der Waals surface area contributed by atoms with Crippen LogP contribution < -0.4 is 20.1 Å². The van der Waals surface area contributed by atoms with Crippen LogP contribution in [0.2, 0.25) is 0 Å². The molecule has 2 N–H and O–H groups in total. The Kier molecular flexibility index (Phi) is 10.4. The molecule has 12 heteroatoms. The Morgan fingerprint density at radius 1 is 0.500 bits per heavy atom. The summed E-state index contributed by atoms with van der Waals surface area (Å²) < 4.78 is 12.2. The van der Waals surface area contributed by atoms with Crippen LogP contribution >= 0.6 is 21.6 Å². The maximum atomic E-state index is 13.9. The van der Waals surface area contributed by atoms with Gasteiger partial charge in [-0.15, -0.1) is 0 Å². The van der Waals surface area contributed by atoms with Crippen LogP contribution in [-0.2, 0) is 54.5 Å². The predicted octanol–water partition coefficient (Wildman–Crippen LogP) is 2.96. The molecular weight excluding hydrogens is 653 g/mol. The second kappa shape index (κ2) is 15.0. The van der Waals surface area contributed by atoms with E-state index in [9.17, 15) is 28.8 Å². The van der Waals surface area contributed by atoms with Gasteiger partial charge in [0.1, 0.15) is 11.5 Å². The van der Waals surface area contributed by atoms with Crippen LogP contribution in [0.4, 0.5) is 0 Å². The maximum absolute atomic E-state index is 13.9. The third-order valence-corrected chi connectivity index (χ3v) is 10.5. The second-order valence-electron chi connectivity index (χ2n) is 11.6. The summed E-state index contributed by atoms with van der Waals surface area (Å²) in [4.78, 5) is 79.3. The summed E-state index contributed by atoms with van der Waals surface area (Å²) >= 11 is 0. The summed E-state index contributed by atoms with van der Waals surface area (Å²) in [5.41, 5.74) is 3.18. The quantitative estimate of drug-likeness (QED) is 0.314. The van der Waals surface area contributed by atoms with Gasteiger partial charge in [-0.1, -0.05) is 58.0 Å². The number of nitrogens with one attached hydrogen (secondary N) is 2. The number of carbonyl (C=O) groups excluding carboxylic acids is 6. The van der Waals surface area contributed by atoms with Crippen molar-refractivity contribution < 1.29 is 38.2 Å². The summed E-state index contributed by atoms with van der Waals surface area (Å²) in [5.74, 6) is -0.127. The van der Waals surface area contributed by atoms with Gasteiger partial charge in [-0.25, -0.2) is 0 Å². The van der Waals surface area contributed by atoms with Gasteiger partial charge in [-0.3, -0.25) is 28.8 Å². The molecule has 4 aliphatic rings. The lowest BCUT2D eigenvalue weighted by molar-refractivity contribution is -0.123. The van der Waals surface area contributed by atoms with Crippen LogP contribution in [0.1, 0.15) is 22.3 Å². The Labute approximate surface area is 284 Å². The highest BCUT2D eigenvalue weighted by molar-refractivity contribution is 8.76. The molecule has 0 unspecified atom stereocenters. The number of Topliss-reactive ketones (excluding diaryl/α,β-unsaturated/α-hetero) is 2. The summed E-state index contributed by atoms with van der Waals surface area (Å²) in [5, 5.41) is 5.66. The van der Waals surface area contributed by atoms with E-state index in [1.807, 2.05) is 0 Å². The second-order valence-corrected chi connectivity index (χ2v) is 14.3. The van der Waals surface area contributed by atoms with Gasteiger partial charge < -0.3 is 20.1 Å². The van der Waals surface area contributed by atoms with Crippen molar-refractivity contribution in [3.8, 4) is 11.5 Å². The Morgan fingerprint density at radius 3 is 1.17 bits per heavy atom. The van der Waals surface area contributed by atoms with Crippen LogP contribution in [0.25, 0.3) is 0 Å². The molecule has 0 aromatic heterocycles. The first-order chi connectivity index (χ1) is 23.2. The normalized spacial score (nSPS) is 19.7. The monoisotopic (exact) mass is 684 g/mol. The number of ether oxygens (including phenoxy) is 2. The highest BCUT2D eigenvalue weighted by atomic mass is 33.1. The summed E-state index contributed by atoms with van der Waals surface area (Å²) in [6, 6.07) is 10.5. The van der Waals surface area contributed by atoms with Crippen LogP contribution in [-0.4, -0.2) is 72.8 Å². The number of hydrogen-bond donors (Lipinski definition) is 2. The van der Waals surface area contributed by atoms with Crippen LogP contribution in [0, 0.1) is 0 Å². The van der Waals surface area contributed by atoms with E-state index in [0.717, 1.165) is 0 Å². The number of benzene rings is 2. The zero-order valence-corrected chi connectivity index (χ0v) is 27.6. The molecule has 3 aliphatic carbocycles. The van der Waals surface area contributed by atoms with Gasteiger partial charge in [0.2, 0.25) is 0 Å². The molecule has 2 amide bonds. The molecule has 246 valence electrons. The summed E-state index contributed by atoms with van der Waals surface area (Å²) in [6.07, 6.45) is 5.32. The standard InChI is InChI=1S/C36H32N2O8S2/c39-29-15-25-11-21-3-1-4-22-12-26-16-30(40)18-28(34(26)44)14-24-6-2-5-23(13-27(17-29)33(25)43)36(24)46-20-32(42)38-8-10-48-47-9-7-37-31(41)19-45-35(21)22/h1-6,15-18H,7-14,19-20H2,(H,37,41)(H,38,42). The van der Waals surface area contributed by atoms with Crippen molar-refractivity contribution in [2.45, 2.75) is 25.7 Å². The molecule has 48 heavy (non-hydrogen) atoms. The molecule has 1 heterocycles. The molecule has 0 spiro atoms. The Hall–Kier alpha value is -4.68. The molecule has 2 aromatic rings. The first kappa shape index (κ1) is 33.2. The Bertz CT molecular complexity index is 1630. The molecule has 0 saturated heterocycles. The van der Waals surface area contributed by atoms with Crippen molar-refractivity contribution in [3.63, 3.8) is 0 Å². The predicted molar refractivity (Wildman–Crippen MR) is 182 cm³/mol. The molecule has 0 saturated carbocycles. The zero-order valence-electron chi connectivity index (χ0n) is 25.9. The van der Waals surface area contributed by atoms with E-state index < -0.39 is 0 Å². The van der Waals surface area contributed by atoms with Crippen molar-refractivity contribution in [2.75, 3.05) is 37.8 Å². The number of rotatable bonds is 0. The molecule has 0 atom stereocenters. The highest BCUT2D eigenvalue weighted by Gasteiger charge is 2.29. The van der Waals surface area contributed by atoms with Gasteiger partial charge in [0.05, 0.1) is 0 Å². The fourth-order valence-corrected chi connectivity index (χ4v) is 7.77. The number of fused-ring (bicyclic) bond motifs is 2. The first-order valence-corrected chi connectivity index (χ1v) is 18.0. The van der Waals surface area contributed by atoms with Crippen LogP contribution in [0.5, 0.6) is 11.5 Å². The van der Waals surface area contributed by atoms with E-state index in [2.05, 4.69) is 10.6 Å². The third kappa shape index (κ3) is 7.88. The van der Waals surface area contributed by atoms with Crippen LogP contribution in [0.15, 0.2) is 83.0 Å². The fraction of sp³-hybridized carbons (Fsp3) is 0.278. The van der Waals surface area contributed by atoms with Gasteiger partial charge in [-0.05, 0) is 46.6 Å². The molecule has 10 nitrogen and oxygen atoms in total. The molecule has 0 radical (unpaired) electrons. The molecular formula is C36H32N2O8S2. The largest absolute Gasteiger partial charge is 0.483 e. The number of para-hydroxylation sites is 2. The average molecular weight is 685 g/mol. The third-order valence-electron chi connectivity index (χ3n) is 8.11. The highest BCUT2D eigenvalue weighted by Crippen LogP contribution is 2.35. The van der Waals surface area contributed by atoms with Gasteiger partial charge >= 0.3 is 0 Å². The zero-order chi connectivity index (χ0) is 33.6. The number of carbonyl (C=O) groups is 6. The lowest BCUT2D eigenvalue weighted by atomic mass is 9.84. The SMILES string of the molecule is O=C1C=C2Cc3cccc4c3OCC(=O)NCCSSCCNC(=O)COc3c(cccc3CC3=CC(=O)C=C(C4)C3=O)CC(=C1)C2=O. The molecule has 0 fully saturated rings. The first-order valence-electron chi connectivity index (χ1n) is 15.5.